The molecular weight excluding hydrogens is 324 g/mol. The summed E-state index contributed by atoms with van der Waals surface area (Å²) < 4.78 is 17.0. The number of carbonyl (C=O) groups is 2. The van der Waals surface area contributed by atoms with Crippen molar-refractivity contribution in [2.75, 3.05) is 0 Å². The van der Waals surface area contributed by atoms with Gasteiger partial charge in [0.1, 0.15) is 12.2 Å². The van der Waals surface area contributed by atoms with Crippen molar-refractivity contribution < 1.29 is 28.9 Å². The van der Waals surface area contributed by atoms with E-state index in [1.165, 1.54) is 0 Å². The number of hydrogen-bond acceptors (Lipinski definition) is 6. The predicted octanol–water partition coefficient (Wildman–Crippen LogP) is 2.04. The number of hydrogen-bond donors (Lipinski definition) is 1. The number of carbonyl (C=O) groups excluding carboxylic acids is 2. The van der Waals surface area contributed by atoms with Crippen LogP contribution in [0, 0.1) is 11.8 Å². The van der Waals surface area contributed by atoms with Crippen molar-refractivity contribution in [3.05, 3.63) is 36.0 Å². The Bertz CT molecular complexity index is 690. The average Bonchev–Trinajstić information content (AvgIpc) is 2.97. The Kier molecular flexibility index (Phi) is 4.16. The minimum Gasteiger partial charge on any atom is -0.461 e. The van der Waals surface area contributed by atoms with Crippen molar-refractivity contribution >= 4 is 11.9 Å². The van der Waals surface area contributed by atoms with Gasteiger partial charge < -0.3 is 19.3 Å². The molecule has 5 atom stereocenters. The molecule has 0 aliphatic carbocycles. The Labute approximate surface area is 147 Å². The summed E-state index contributed by atoms with van der Waals surface area (Å²) in [6, 6.07) is 0. The Morgan fingerprint density at radius 1 is 1.44 bits per heavy atom. The summed E-state index contributed by atoms with van der Waals surface area (Å²) in [5.74, 6) is -3.26. The fourth-order valence-corrected chi connectivity index (χ4v) is 3.51. The van der Waals surface area contributed by atoms with E-state index in [0.29, 0.717) is 5.57 Å². The molecule has 2 bridgehead atoms. The van der Waals surface area contributed by atoms with Crippen LogP contribution in [0.4, 0.5) is 0 Å². The van der Waals surface area contributed by atoms with Gasteiger partial charge in [0.05, 0.1) is 17.4 Å². The summed E-state index contributed by atoms with van der Waals surface area (Å²) in [6.07, 6.45) is 3.96. The SMILES string of the molecule is C=C1C(=O)O[C@@H]2/C=C(/C)C3(O)C=CC(C)(C[C@@H](OC(=O)C(C)C)[C@@H]12)O3. The molecule has 0 aromatic rings. The number of aliphatic hydroxyl groups is 1. The van der Waals surface area contributed by atoms with E-state index in [1.54, 1.807) is 39.0 Å². The third-order valence-corrected chi connectivity index (χ3v) is 5.04. The number of ether oxygens (including phenoxy) is 3. The molecule has 3 heterocycles. The van der Waals surface area contributed by atoms with Crippen LogP contribution in [0.2, 0.25) is 0 Å². The van der Waals surface area contributed by atoms with E-state index < -0.39 is 35.5 Å². The molecule has 6 nitrogen and oxygen atoms in total. The van der Waals surface area contributed by atoms with Gasteiger partial charge >= 0.3 is 11.9 Å². The number of rotatable bonds is 2. The fourth-order valence-electron chi connectivity index (χ4n) is 3.51. The lowest BCUT2D eigenvalue weighted by atomic mass is 9.83. The van der Waals surface area contributed by atoms with Gasteiger partial charge in [-0.1, -0.05) is 26.5 Å². The number of esters is 2. The molecule has 1 N–H and O–H groups in total. The van der Waals surface area contributed by atoms with E-state index in [-0.39, 0.29) is 23.9 Å². The molecule has 0 radical (unpaired) electrons. The molecule has 3 aliphatic rings. The van der Waals surface area contributed by atoms with E-state index in [9.17, 15) is 14.7 Å². The van der Waals surface area contributed by atoms with Crippen LogP contribution in [-0.2, 0) is 23.8 Å². The zero-order valence-corrected chi connectivity index (χ0v) is 14.9. The first-order chi connectivity index (χ1) is 11.5. The summed E-state index contributed by atoms with van der Waals surface area (Å²) in [5, 5.41) is 10.7. The molecule has 3 aliphatic heterocycles. The van der Waals surface area contributed by atoms with Crippen molar-refractivity contribution in [1.82, 2.24) is 0 Å². The summed E-state index contributed by atoms with van der Waals surface area (Å²) in [5.41, 5.74) is -0.0548. The van der Waals surface area contributed by atoms with Crippen LogP contribution >= 0.6 is 0 Å². The zero-order valence-electron chi connectivity index (χ0n) is 14.9. The second-order valence-corrected chi connectivity index (χ2v) is 7.55. The summed E-state index contributed by atoms with van der Waals surface area (Å²) in [6.45, 7) is 10.9. The molecular formula is C19H24O6. The van der Waals surface area contributed by atoms with Gasteiger partial charge in [0.25, 0.3) is 0 Å². The Morgan fingerprint density at radius 3 is 2.76 bits per heavy atom. The first kappa shape index (κ1) is 17.9. The van der Waals surface area contributed by atoms with Crippen LogP contribution in [-0.4, -0.2) is 40.6 Å². The average molecular weight is 348 g/mol. The van der Waals surface area contributed by atoms with Crippen LogP contribution in [0.3, 0.4) is 0 Å². The Hall–Kier alpha value is -1.92. The van der Waals surface area contributed by atoms with E-state index in [1.807, 2.05) is 6.92 Å². The monoisotopic (exact) mass is 348 g/mol. The van der Waals surface area contributed by atoms with Crippen LogP contribution in [0.5, 0.6) is 0 Å². The number of fused-ring (bicyclic) bond motifs is 3. The lowest BCUT2D eigenvalue weighted by molar-refractivity contribution is -0.190. The van der Waals surface area contributed by atoms with Crippen molar-refractivity contribution in [3.8, 4) is 0 Å². The van der Waals surface area contributed by atoms with Gasteiger partial charge in [-0.05, 0) is 31.6 Å². The molecule has 136 valence electrons. The Balaban J connectivity index is 2.04. The molecule has 0 aromatic carbocycles. The minimum absolute atomic E-state index is 0.271. The fraction of sp³-hybridized carbons (Fsp3) is 0.579. The smallest absolute Gasteiger partial charge is 0.334 e. The molecule has 0 amide bonds. The molecule has 0 saturated carbocycles. The first-order valence-corrected chi connectivity index (χ1v) is 8.47. The topological polar surface area (TPSA) is 82.1 Å². The molecule has 3 rings (SSSR count). The highest BCUT2D eigenvalue weighted by Gasteiger charge is 2.52. The third-order valence-electron chi connectivity index (χ3n) is 5.04. The van der Waals surface area contributed by atoms with E-state index >= 15 is 0 Å². The van der Waals surface area contributed by atoms with Gasteiger partial charge in [-0.25, -0.2) is 4.79 Å². The van der Waals surface area contributed by atoms with E-state index in [0.717, 1.165) is 0 Å². The van der Waals surface area contributed by atoms with Crippen molar-refractivity contribution in [2.24, 2.45) is 11.8 Å². The van der Waals surface area contributed by atoms with Gasteiger partial charge in [0.15, 0.2) is 0 Å². The molecule has 1 saturated heterocycles. The van der Waals surface area contributed by atoms with Crippen LogP contribution in [0.25, 0.3) is 0 Å². The molecule has 1 fully saturated rings. The van der Waals surface area contributed by atoms with Crippen molar-refractivity contribution in [2.45, 2.75) is 57.7 Å². The lowest BCUT2D eigenvalue weighted by Crippen LogP contribution is -2.41. The quantitative estimate of drug-likeness (QED) is 0.467. The summed E-state index contributed by atoms with van der Waals surface area (Å²) >= 11 is 0. The maximum absolute atomic E-state index is 12.2. The van der Waals surface area contributed by atoms with Crippen LogP contribution in [0.15, 0.2) is 36.0 Å². The van der Waals surface area contributed by atoms with E-state index in [4.69, 9.17) is 14.2 Å². The molecule has 0 spiro atoms. The van der Waals surface area contributed by atoms with Crippen LogP contribution in [0.1, 0.15) is 34.1 Å². The zero-order chi connectivity index (χ0) is 18.6. The molecule has 6 heteroatoms. The van der Waals surface area contributed by atoms with Gasteiger partial charge in [0, 0.05) is 12.0 Å². The van der Waals surface area contributed by atoms with Crippen molar-refractivity contribution in [3.63, 3.8) is 0 Å². The molecule has 2 unspecified atom stereocenters. The highest BCUT2D eigenvalue weighted by molar-refractivity contribution is 5.91. The van der Waals surface area contributed by atoms with Crippen LogP contribution < -0.4 is 0 Å². The van der Waals surface area contributed by atoms with Gasteiger partial charge in [-0.2, -0.15) is 0 Å². The van der Waals surface area contributed by atoms with E-state index in [2.05, 4.69) is 6.58 Å². The van der Waals surface area contributed by atoms with Gasteiger partial charge in [-0.15, -0.1) is 0 Å². The molecule has 0 aromatic heterocycles. The normalized spacial score (nSPS) is 42.2. The highest BCUT2D eigenvalue weighted by Crippen LogP contribution is 2.44. The maximum atomic E-state index is 12.2. The second-order valence-electron chi connectivity index (χ2n) is 7.55. The third kappa shape index (κ3) is 3.04. The van der Waals surface area contributed by atoms with Gasteiger partial charge in [-0.3, -0.25) is 4.79 Å². The minimum atomic E-state index is -1.56. The first-order valence-electron chi connectivity index (χ1n) is 8.47. The summed E-state index contributed by atoms with van der Waals surface area (Å²) in [7, 11) is 0. The maximum Gasteiger partial charge on any atom is 0.334 e. The summed E-state index contributed by atoms with van der Waals surface area (Å²) in [4.78, 5) is 24.3. The largest absolute Gasteiger partial charge is 0.461 e. The predicted molar refractivity (Wildman–Crippen MR) is 89.2 cm³/mol. The standard InChI is InChI=1S/C19H24O6/c1-10(2)16(20)24-14-9-18(5)6-7-19(22,25-18)11(3)8-13-15(14)12(4)17(21)23-13/h6-8,10,13-15,22H,4,9H2,1-3,5H3/b11-8-/t13-,14-,15+,18?,19?/m1/s1. The molecule has 25 heavy (non-hydrogen) atoms. The lowest BCUT2D eigenvalue weighted by Gasteiger charge is -2.33. The van der Waals surface area contributed by atoms with Gasteiger partial charge in [0.2, 0.25) is 5.79 Å². The van der Waals surface area contributed by atoms with Crippen molar-refractivity contribution in [1.29, 1.82) is 0 Å². The highest BCUT2D eigenvalue weighted by atomic mass is 16.6. The Morgan fingerprint density at radius 2 is 2.12 bits per heavy atom. The second kappa shape index (κ2) is 5.81.